The maximum atomic E-state index is 3.49. The molecule has 3 heteroatoms. The van der Waals surface area contributed by atoms with E-state index in [2.05, 4.69) is 53.5 Å². The van der Waals surface area contributed by atoms with Gasteiger partial charge in [-0.15, -0.1) is 11.3 Å². The summed E-state index contributed by atoms with van der Waals surface area (Å²) in [6.07, 6.45) is 0. The van der Waals surface area contributed by atoms with E-state index in [1.807, 2.05) is 11.3 Å². The van der Waals surface area contributed by atoms with Crippen molar-refractivity contribution in [2.24, 2.45) is 0 Å². The van der Waals surface area contributed by atoms with Crippen LogP contribution in [-0.2, 0) is 13.1 Å². The van der Waals surface area contributed by atoms with Crippen molar-refractivity contribution in [3.63, 3.8) is 0 Å². The lowest BCUT2D eigenvalue weighted by Gasteiger charge is -2.23. The molecule has 1 aliphatic rings. The zero-order chi connectivity index (χ0) is 12.4. The normalized spacial score (nSPS) is 15.3. The third-order valence-electron chi connectivity index (χ3n) is 3.35. The van der Waals surface area contributed by atoms with E-state index in [4.69, 9.17) is 0 Å². The van der Waals surface area contributed by atoms with Crippen molar-refractivity contribution in [3.8, 4) is 0 Å². The number of thiophene rings is 1. The predicted octanol–water partition coefficient (Wildman–Crippen LogP) is 3.17. The van der Waals surface area contributed by atoms with Crippen LogP contribution in [0.2, 0.25) is 0 Å². The van der Waals surface area contributed by atoms with E-state index in [1.54, 1.807) is 0 Å². The topological polar surface area (TPSA) is 15.3 Å². The first-order chi connectivity index (χ1) is 8.83. The number of rotatable bonds is 2. The lowest BCUT2D eigenvalue weighted by molar-refractivity contribution is 0.690. The van der Waals surface area contributed by atoms with Crippen molar-refractivity contribution in [1.82, 2.24) is 5.32 Å². The predicted molar refractivity (Wildman–Crippen MR) is 78.3 cm³/mol. The monoisotopic (exact) mass is 258 g/mol. The van der Waals surface area contributed by atoms with Crippen LogP contribution in [0.1, 0.15) is 15.3 Å². The fraction of sp³-hybridized carbons (Fsp3) is 0.333. The minimum atomic E-state index is 0.982. The summed E-state index contributed by atoms with van der Waals surface area (Å²) in [5.41, 5.74) is 2.79. The minimum Gasteiger partial charge on any atom is -0.365 e. The number of anilines is 1. The first-order valence-electron chi connectivity index (χ1n) is 6.42. The Kier molecular flexibility index (Phi) is 3.35. The van der Waals surface area contributed by atoms with E-state index in [0.29, 0.717) is 0 Å². The van der Waals surface area contributed by atoms with E-state index >= 15 is 0 Å². The summed E-state index contributed by atoms with van der Waals surface area (Å²) in [6, 6.07) is 13.2. The summed E-state index contributed by atoms with van der Waals surface area (Å²) in [5.74, 6) is 0. The molecule has 18 heavy (non-hydrogen) atoms. The van der Waals surface area contributed by atoms with Crippen molar-refractivity contribution in [3.05, 3.63) is 51.7 Å². The highest BCUT2D eigenvalue weighted by atomic mass is 32.1. The molecule has 0 atom stereocenters. The van der Waals surface area contributed by atoms with Gasteiger partial charge in [0.1, 0.15) is 0 Å². The molecule has 0 bridgehead atoms. The Labute approximate surface area is 112 Å². The van der Waals surface area contributed by atoms with Crippen LogP contribution in [0.25, 0.3) is 0 Å². The van der Waals surface area contributed by atoms with Crippen molar-refractivity contribution in [2.75, 3.05) is 18.0 Å². The van der Waals surface area contributed by atoms with Gasteiger partial charge in [-0.3, -0.25) is 0 Å². The quantitative estimate of drug-likeness (QED) is 0.890. The van der Waals surface area contributed by atoms with Gasteiger partial charge in [-0.2, -0.15) is 0 Å². The molecule has 0 radical (unpaired) electrons. The fourth-order valence-corrected chi connectivity index (χ4v) is 3.35. The fourth-order valence-electron chi connectivity index (χ4n) is 2.45. The molecule has 2 heterocycles. The van der Waals surface area contributed by atoms with Gasteiger partial charge in [-0.25, -0.2) is 0 Å². The molecule has 1 aromatic heterocycles. The van der Waals surface area contributed by atoms with E-state index < -0.39 is 0 Å². The smallest absolute Gasteiger partial charge is 0.0523 e. The number of para-hydroxylation sites is 1. The van der Waals surface area contributed by atoms with Crippen LogP contribution in [0.5, 0.6) is 0 Å². The van der Waals surface area contributed by atoms with Crippen LogP contribution in [0.15, 0.2) is 36.4 Å². The molecule has 0 fully saturated rings. The zero-order valence-corrected chi connectivity index (χ0v) is 11.5. The molecule has 0 saturated carbocycles. The first kappa shape index (κ1) is 11.8. The van der Waals surface area contributed by atoms with Crippen LogP contribution in [0, 0.1) is 6.92 Å². The molecule has 0 spiro atoms. The molecular formula is C15H18N2S. The largest absolute Gasteiger partial charge is 0.365 e. The Morgan fingerprint density at radius 1 is 1.22 bits per heavy atom. The second-order valence-electron chi connectivity index (χ2n) is 4.74. The summed E-state index contributed by atoms with van der Waals surface area (Å²) >= 11 is 1.90. The van der Waals surface area contributed by atoms with Crippen LogP contribution in [0.4, 0.5) is 5.69 Å². The third-order valence-corrected chi connectivity index (χ3v) is 4.33. The summed E-state index contributed by atoms with van der Waals surface area (Å²) in [5, 5.41) is 3.49. The van der Waals surface area contributed by atoms with E-state index in [1.165, 1.54) is 21.0 Å². The van der Waals surface area contributed by atoms with Crippen LogP contribution in [0.3, 0.4) is 0 Å². The van der Waals surface area contributed by atoms with Gasteiger partial charge < -0.3 is 10.2 Å². The summed E-state index contributed by atoms with van der Waals surface area (Å²) in [7, 11) is 0. The van der Waals surface area contributed by atoms with Gasteiger partial charge in [0, 0.05) is 35.1 Å². The van der Waals surface area contributed by atoms with Crippen molar-refractivity contribution in [2.45, 2.75) is 20.0 Å². The number of nitrogens with one attached hydrogen (secondary N) is 1. The zero-order valence-electron chi connectivity index (χ0n) is 10.6. The molecule has 0 amide bonds. The number of fused-ring (bicyclic) bond motifs is 1. The molecule has 2 nitrogen and oxygen atoms in total. The van der Waals surface area contributed by atoms with Gasteiger partial charge >= 0.3 is 0 Å². The highest BCUT2D eigenvalue weighted by Crippen LogP contribution is 2.25. The number of hydrogen-bond acceptors (Lipinski definition) is 3. The average molecular weight is 258 g/mol. The highest BCUT2D eigenvalue weighted by Gasteiger charge is 2.14. The number of benzene rings is 1. The standard InChI is InChI=1S/C15H18N2S/c1-12-6-7-14(18-12)11-17-9-8-16-10-13-4-2-3-5-15(13)17/h2-7,16H,8-11H2,1H3. The number of aryl methyl sites for hydroxylation is 1. The van der Waals surface area contributed by atoms with Gasteiger partial charge in [0.2, 0.25) is 0 Å². The molecule has 1 aliphatic heterocycles. The Balaban J connectivity index is 1.87. The van der Waals surface area contributed by atoms with Crippen molar-refractivity contribution >= 4 is 17.0 Å². The third kappa shape index (κ3) is 2.42. The molecule has 94 valence electrons. The van der Waals surface area contributed by atoms with Gasteiger partial charge in [-0.05, 0) is 30.7 Å². The second-order valence-corrected chi connectivity index (χ2v) is 6.11. The first-order valence-corrected chi connectivity index (χ1v) is 7.23. The lowest BCUT2D eigenvalue weighted by Crippen LogP contribution is -2.27. The number of hydrogen-bond donors (Lipinski definition) is 1. The van der Waals surface area contributed by atoms with Crippen molar-refractivity contribution < 1.29 is 0 Å². The number of nitrogens with zero attached hydrogens (tertiary/aromatic N) is 1. The average Bonchev–Trinajstić information content (AvgIpc) is 2.68. The van der Waals surface area contributed by atoms with Gasteiger partial charge in [0.15, 0.2) is 0 Å². The highest BCUT2D eigenvalue weighted by molar-refractivity contribution is 7.11. The van der Waals surface area contributed by atoms with Crippen LogP contribution < -0.4 is 10.2 Å². The van der Waals surface area contributed by atoms with E-state index in [-0.39, 0.29) is 0 Å². The minimum absolute atomic E-state index is 0.982. The molecule has 0 aliphatic carbocycles. The Hall–Kier alpha value is -1.32. The van der Waals surface area contributed by atoms with E-state index in [9.17, 15) is 0 Å². The van der Waals surface area contributed by atoms with Crippen LogP contribution in [-0.4, -0.2) is 13.1 Å². The summed E-state index contributed by atoms with van der Waals surface area (Å²) in [4.78, 5) is 5.33. The summed E-state index contributed by atoms with van der Waals surface area (Å²) < 4.78 is 0. The van der Waals surface area contributed by atoms with Crippen LogP contribution >= 0.6 is 11.3 Å². The lowest BCUT2D eigenvalue weighted by atomic mass is 10.1. The summed E-state index contributed by atoms with van der Waals surface area (Å²) in [6.45, 7) is 6.31. The Bertz CT molecular complexity index is 533. The molecule has 0 unspecified atom stereocenters. The second kappa shape index (κ2) is 5.12. The SMILES string of the molecule is Cc1ccc(CN2CCNCc3ccccc32)s1. The molecular weight excluding hydrogens is 240 g/mol. The van der Waals surface area contributed by atoms with Gasteiger partial charge in [0.05, 0.1) is 6.54 Å². The Morgan fingerprint density at radius 3 is 2.94 bits per heavy atom. The van der Waals surface area contributed by atoms with Gasteiger partial charge in [-0.1, -0.05) is 18.2 Å². The maximum Gasteiger partial charge on any atom is 0.0523 e. The molecule has 0 saturated heterocycles. The van der Waals surface area contributed by atoms with Crippen molar-refractivity contribution in [1.29, 1.82) is 0 Å². The molecule has 1 N–H and O–H groups in total. The Morgan fingerprint density at radius 2 is 2.11 bits per heavy atom. The maximum absolute atomic E-state index is 3.49. The molecule has 3 rings (SSSR count). The van der Waals surface area contributed by atoms with Gasteiger partial charge in [0.25, 0.3) is 0 Å². The molecule has 1 aromatic carbocycles. The van der Waals surface area contributed by atoms with E-state index in [0.717, 1.165) is 26.2 Å². The molecule has 2 aromatic rings.